The van der Waals surface area contributed by atoms with Gasteiger partial charge < -0.3 is 14.8 Å². The molecule has 0 radical (unpaired) electrons. The summed E-state index contributed by atoms with van der Waals surface area (Å²) in [5, 5.41) is 4.14. The van der Waals surface area contributed by atoms with E-state index in [1.807, 2.05) is 42.5 Å². The smallest absolute Gasteiger partial charge is 0.142 e. The van der Waals surface area contributed by atoms with Gasteiger partial charge in [0.25, 0.3) is 0 Å². The molecule has 0 saturated heterocycles. The van der Waals surface area contributed by atoms with Gasteiger partial charge in [-0.15, -0.1) is 0 Å². The Bertz CT molecular complexity index is 583. The van der Waals surface area contributed by atoms with Gasteiger partial charge in [0.15, 0.2) is 0 Å². The van der Waals surface area contributed by atoms with Gasteiger partial charge in [0.2, 0.25) is 0 Å². The molecular weight excluding hydrogens is 262 g/mol. The molecule has 0 spiro atoms. The minimum atomic E-state index is 0.122. The first kappa shape index (κ1) is 12.2. The molecule has 2 aromatic carbocycles. The second-order valence-electron chi connectivity index (χ2n) is 4.42. The first-order valence-electron chi connectivity index (χ1n) is 6.09. The molecule has 4 heteroatoms. The van der Waals surface area contributed by atoms with Crippen molar-refractivity contribution < 1.29 is 9.47 Å². The van der Waals surface area contributed by atoms with Crippen molar-refractivity contribution in [3.8, 4) is 11.5 Å². The van der Waals surface area contributed by atoms with Crippen molar-refractivity contribution in [1.29, 1.82) is 0 Å². The zero-order chi connectivity index (χ0) is 13.2. The predicted molar refractivity (Wildman–Crippen MR) is 76.3 cm³/mol. The minimum absolute atomic E-state index is 0.122. The molecule has 0 aromatic heterocycles. The van der Waals surface area contributed by atoms with Crippen LogP contribution in [0.5, 0.6) is 11.5 Å². The second kappa shape index (κ2) is 5.02. The van der Waals surface area contributed by atoms with Crippen LogP contribution in [0.15, 0.2) is 42.5 Å². The van der Waals surface area contributed by atoms with Crippen molar-refractivity contribution >= 4 is 17.3 Å². The Balaban J connectivity index is 1.84. The summed E-state index contributed by atoms with van der Waals surface area (Å²) < 4.78 is 10.9. The number of benzene rings is 2. The van der Waals surface area contributed by atoms with Crippen molar-refractivity contribution in [3.63, 3.8) is 0 Å². The Labute approximate surface area is 117 Å². The Morgan fingerprint density at radius 2 is 2.00 bits per heavy atom. The average Bonchev–Trinajstić information content (AvgIpc) is 2.46. The van der Waals surface area contributed by atoms with Crippen LogP contribution in [-0.2, 0) is 0 Å². The number of hydrogen-bond donors (Lipinski definition) is 1. The van der Waals surface area contributed by atoms with E-state index in [0.717, 1.165) is 22.7 Å². The fourth-order valence-corrected chi connectivity index (χ4v) is 2.33. The maximum atomic E-state index is 6.00. The molecular formula is C15H14ClNO2. The van der Waals surface area contributed by atoms with E-state index in [0.29, 0.717) is 11.6 Å². The maximum absolute atomic E-state index is 6.00. The van der Waals surface area contributed by atoms with E-state index in [9.17, 15) is 0 Å². The molecule has 2 aromatic rings. The van der Waals surface area contributed by atoms with Crippen molar-refractivity contribution in [2.24, 2.45) is 0 Å². The molecule has 1 aliphatic rings. The van der Waals surface area contributed by atoms with E-state index in [4.69, 9.17) is 21.1 Å². The van der Waals surface area contributed by atoms with E-state index in [1.54, 1.807) is 7.11 Å². The molecule has 3 nitrogen and oxygen atoms in total. The second-order valence-corrected chi connectivity index (χ2v) is 4.86. The molecule has 3 rings (SSSR count). The van der Waals surface area contributed by atoms with Crippen LogP contribution in [0.3, 0.4) is 0 Å². The summed E-state index contributed by atoms with van der Waals surface area (Å²) in [4.78, 5) is 0. The summed E-state index contributed by atoms with van der Waals surface area (Å²) >= 11 is 6.00. The molecule has 0 bridgehead atoms. The Hall–Kier alpha value is -1.87. The number of fused-ring (bicyclic) bond motifs is 1. The van der Waals surface area contributed by atoms with Crippen molar-refractivity contribution in [1.82, 2.24) is 0 Å². The number of anilines is 1. The summed E-state index contributed by atoms with van der Waals surface area (Å²) in [6, 6.07) is 13.7. The first-order valence-corrected chi connectivity index (χ1v) is 6.47. The molecule has 0 saturated carbocycles. The molecule has 98 valence electrons. The zero-order valence-electron chi connectivity index (χ0n) is 10.5. The summed E-state index contributed by atoms with van der Waals surface area (Å²) in [7, 11) is 1.66. The van der Waals surface area contributed by atoms with Crippen LogP contribution in [0.1, 0.15) is 11.6 Å². The maximum Gasteiger partial charge on any atom is 0.142 e. The Kier molecular flexibility index (Phi) is 3.22. The lowest BCUT2D eigenvalue weighted by molar-refractivity contribution is 0.286. The molecule has 19 heavy (non-hydrogen) atoms. The van der Waals surface area contributed by atoms with Crippen molar-refractivity contribution in [2.75, 3.05) is 19.0 Å². The highest BCUT2D eigenvalue weighted by atomic mass is 35.5. The fourth-order valence-electron chi connectivity index (χ4n) is 2.16. The lowest BCUT2D eigenvalue weighted by Crippen LogP contribution is -2.23. The van der Waals surface area contributed by atoms with Crippen LogP contribution in [0.4, 0.5) is 5.69 Å². The first-order chi connectivity index (χ1) is 9.26. The van der Waals surface area contributed by atoms with Crippen LogP contribution in [-0.4, -0.2) is 13.7 Å². The van der Waals surface area contributed by atoms with E-state index in [-0.39, 0.29) is 6.04 Å². The number of rotatable bonds is 2. The molecule has 1 heterocycles. The largest absolute Gasteiger partial charge is 0.497 e. The highest BCUT2D eigenvalue weighted by molar-refractivity contribution is 6.30. The number of hydrogen-bond acceptors (Lipinski definition) is 3. The van der Waals surface area contributed by atoms with E-state index in [2.05, 4.69) is 5.32 Å². The van der Waals surface area contributed by atoms with Gasteiger partial charge in [-0.2, -0.15) is 0 Å². The Morgan fingerprint density at radius 1 is 1.21 bits per heavy atom. The molecule has 0 amide bonds. The van der Waals surface area contributed by atoms with E-state index in [1.165, 1.54) is 0 Å². The van der Waals surface area contributed by atoms with Gasteiger partial charge in [-0.1, -0.05) is 23.7 Å². The third kappa shape index (κ3) is 2.47. The molecule has 1 aliphatic heterocycles. The number of ether oxygens (including phenoxy) is 2. The standard InChI is InChI=1S/C15H14ClNO2/c1-18-12-5-2-10(3-6-12)14-9-19-15-7-4-11(16)8-13(15)17-14/h2-8,14,17H,9H2,1H3/t14-/m0/s1. The predicted octanol–water partition coefficient (Wildman–Crippen LogP) is 3.89. The summed E-state index contributed by atoms with van der Waals surface area (Å²) in [6.07, 6.45) is 0. The van der Waals surface area contributed by atoms with Crippen LogP contribution in [0.25, 0.3) is 0 Å². The summed E-state index contributed by atoms with van der Waals surface area (Å²) in [5.41, 5.74) is 2.09. The van der Waals surface area contributed by atoms with Crippen LogP contribution >= 0.6 is 11.6 Å². The van der Waals surface area contributed by atoms with Crippen molar-refractivity contribution in [3.05, 3.63) is 53.1 Å². The molecule has 0 fully saturated rings. The summed E-state index contributed by atoms with van der Waals surface area (Å²) in [5.74, 6) is 1.69. The van der Waals surface area contributed by atoms with Crippen LogP contribution < -0.4 is 14.8 Å². The SMILES string of the molecule is COc1ccc([C@@H]2COc3ccc(Cl)cc3N2)cc1. The average molecular weight is 276 g/mol. The zero-order valence-corrected chi connectivity index (χ0v) is 11.3. The molecule has 0 unspecified atom stereocenters. The van der Waals surface area contributed by atoms with Gasteiger partial charge in [0.05, 0.1) is 18.8 Å². The Morgan fingerprint density at radius 3 is 2.74 bits per heavy atom. The highest BCUT2D eigenvalue weighted by Gasteiger charge is 2.20. The number of nitrogens with one attached hydrogen (secondary N) is 1. The van der Waals surface area contributed by atoms with Crippen LogP contribution in [0.2, 0.25) is 5.02 Å². The highest BCUT2D eigenvalue weighted by Crippen LogP contribution is 2.35. The number of methoxy groups -OCH3 is 1. The third-order valence-electron chi connectivity index (χ3n) is 3.20. The lowest BCUT2D eigenvalue weighted by Gasteiger charge is -2.28. The topological polar surface area (TPSA) is 30.5 Å². The van der Waals surface area contributed by atoms with Crippen molar-refractivity contribution in [2.45, 2.75) is 6.04 Å². The van der Waals surface area contributed by atoms with Gasteiger partial charge in [-0.3, -0.25) is 0 Å². The van der Waals surface area contributed by atoms with E-state index >= 15 is 0 Å². The minimum Gasteiger partial charge on any atom is -0.497 e. The lowest BCUT2D eigenvalue weighted by atomic mass is 10.1. The third-order valence-corrected chi connectivity index (χ3v) is 3.43. The van der Waals surface area contributed by atoms with Gasteiger partial charge in [-0.05, 0) is 35.9 Å². The van der Waals surface area contributed by atoms with E-state index < -0.39 is 0 Å². The van der Waals surface area contributed by atoms with Gasteiger partial charge in [-0.25, -0.2) is 0 Å². The molecule has 1 N–H and O–H groups in total. The van der Waals surface area contributed by atoms with Gasteiger partial charge >= 0.3 is 0 Å². The normalized spacial score (nSPS) is 17.1. The monoisotopic (exact) mass is 275 g/mol. The fraction of sp³-hybridized carbons (Fsp3) is 0.200. The van der Waals surface area contributed by atoms with Crippen LogP contribution in [0, 0.1) is 0 Å². The molecule has 0 aliphatic carbocycles. The van der Waals surface area contributed by atoms with Gasteiger partial charge in [0, 0.05) is 5.02 Å². The summed E-state index contributed by atoms with van der Waals surface area (Å²) in [6.45, 7) is 0.598. The van der Waals surface area contributed by atoms with Gasteiger partial charge in [0.1, 0.15) is 18.1 Å². The quantitative estimate of drug-likeness (QED) is 0.902. The molecule has 1 atom stereocenters. The number of halogens is 1.